The number of fused-ring (bicyclic) bond motifs is 1. The monoisotopic (exact) mass is 504 g/mol. The third-order valence-corrected chi connectivity index (χ3v) is 7.34. The summed E-state index contributed by atoms with van der Waals surface area (Å²) in [4.78, 5) is 27.4. The minimum Gasteiger partial charge on any atom is -0.289 e. The Bertz CT molecular complexity index is 1370. The van der Waals surface area contributed by atoms with Gasteiger partial charge in [-0.15, -0.1) is 0 Å². The zero-order chi connectivity index (χ0) is 18.2. The Labute approximate surface area is 173 Å². The lowest BCUT2D eigenvalue weighted by Crippen LogP contribution is -2.23. The summed E-state index contributed by atoms with van der Waals surface area (Å²) >= 11 is 14.5. The molecule has 0 saturated carbocycles. The average molecular weight is 507 g/mol. The van der Waals surface area contributed by atoms with Crippen LogP contribution in [-0.4, -0.2) is 5.78 Å². The standard InChI is InChI=1S/C20H7Br2ClO2S/c21-12-5-3-10-15-11(4-6-13(22)17(12)15)18(24)16(10)20-19(25)9-2-1-8(23)7-14(9)26-20/h1-7H/b20-16-. The Morgan fingerprint density at radius 2 is 1.54 bits per heavy atom. The van der Waals surface area contributed by atoms with Crippen molar-refractivity contribution in [2.75, 3.05) is 0 Å². The van der Waals surface area contributed by atoms with Gasteiger partial charge in [0, 0.05) is 45.8 Å². The molecule has 26 heavy (non-hydrogen) atoms. The molecule has 0 radical (unpaired) electrons. The van der Waals surface area contributed by atoms with Gasteiger partial charge in [0.05, 0.1) is 4.91 Å². The molecule has 0 unspecified atom stereocenters. The third-order valence-electron chi connectivity index (χ3n) is 4.63. The summed E-state index contributed by atoms with van der Waals surface area (Å²) < 4.78 is 1.81. The normalized spacial score (nSPS) is 16.0. The van der Waals surface area contributed by atoms with Gasteiger partial charge in [-0.05, 0) is 41.8 Å². The molecule has 0 amide bonds. The summed E-state index contributed by atoms with van der Waals surface area (Å²) in [7, 11) is 0. The zero-order valence-electron chi connectivity index (χ0n) is 12.9. The third kappa shape index (κ3) is 2.18. The van der Waals surface area contributed by atoms with Gasteiger partial charge in [0.15, 0.2) is 5.43 Å². The number of halogens is 3. The van der Waals surface area contributed by atoms with Crippen molar-refractivity contribution in [1.29, 1.82) is 0 Å². The first-order valence-electron chi connectivity index (χ1n) is 7.69. The molecule has 0 spiro atoms. The summed E-state index contributed by atoms with van der Waals surface area (Å²) in [5, 5.41) is 4.32. The van der Waals surface area contributed by atoms with Gasteiger partial charge in [-0.25, -0.2) is 0 Å². The highest BCUT2D eigenvalue weighted by Gasteiger charge is 2.29. The summed E-state index contributed by atoms with van der Waals surface area (Å²) in [6.07, 6.45) is 0. The molecule has 0 N–H and O–H groups in total. The van der Waals surface area contributed by atoms with Crippen LogP contribution in [0.25, 0.3) is 26.5 Å². The van der Waals surface area contributed by atoms with E-state index in [0.717, 1.165) is 30.0 Å². The van der Waals surface area contributed by atoms with E-state index in [9.17, 15) is 9.59 Å². The molecule has 1 aliphatic rings. The highest BCUT2D eigenvalue weighted by atomic mass is 79.9. The first-order valence-corrected chi connectivity index (χ1v) is 10.5. The summed E-state index contributed by atoms with van der Waals surface area (Å²) in [5.41, 5.74) is 0.491. The molecule has 0 fully saturated rings. The van der Waals surface area contributed by atoms with E-state index >= 15 is 0 Å². The van der Waals surface area contributed by atoms with Crippen molar-refractivity contribution in [2.45, 2.75) is 4.90 Å². The quantitative estimate of drug-likeness (QED) is 0.303. The second-order valence-corrected chi connectivity index (χ2v) is 9.24. The van der Waals surface area contributed by atoms with Gasteiger partial charge in [0.2, 0.25) is 5.78 Å². The fourth-order valence-corrected chi connectivity index (χ4v) is 6.28. The number of ketones is 1. The van der Waals surface area contributed by atoms with Gasteiger partial charge in [-0.2, -0.15) is 0 Å². The first-order chi connectivity index (χ1) is 12.5. The van der Waals surface area contributed by atoms with Crippen LogP contribution in [0.4, 0.5) is 0 Å². The molecule has 0 bridgehead atoms. The van der Waals surface area contributed by atoms with E-state index in [0.29, 0.717) is 26.1 Å². The zero-order valence-corrected chi connectivity index (χ0v) is 17.6. The van der Waals surface area contributed by atoms with Crippen molar-refractivity contribution in [3.8, 4) is 0 Å². The number of Topliss-reactive ketones (excluding diaryl/α,β-unsaturated/α-hetero) is 1. The minimum absolute atomic E-state index is 0.106. The van der Waals surface area contributed by atoms with Crippen molar-refractivity contribution < 1.29 is 4.79 Å². The average Bonchev–Trinajstić information content (AvgIpc) is 3.07. The first kappa shape index (κ1) is 16.8. The van der Waals surface area contributed by atoms with Crippen molar-refractivity contribution >= 4 is 87.5 Å². The van der Waals surface area contributed by atoms with E-state index in [2.05, 4.69) is 31.9 Å². The largest absolute Gasteiger partial charge is 0.289 e. The number of hydrogen-bond donors (Lipinski definition) is 0. The van der Waals surface area contributed by atoms with Crippen molar-refractivity contribution in [2.24, 2.45) is 0 Å². The van der Waals surface area contributed by atoms with E-state index in [-0.39, 0.29) is 11.2 Å². The molecule has 4 aromatic carbocycles. The molecule has 0 atom stereocenters. The molecule has 2 nitrogen and oxygen atoms in total. The van der Waals surface area contributed by atoms with Crippen molar-refractivity contribution in [3.05, 3.63) is 77.4 Å². The maximum Gasteiger partial charge on any atom is 0.201 e. The highest BCUT2D eigenvalue weighted by molar-refractivity contribution is 9.11. The number of carbonyl (C=O) groups is 1. The van der Waals surface area contributed by atoms with Crippen LogP contribution in [0.5, 0.6) is 0 Å². The smallest absolute Gasteiger partial charge is 0.201 e. The summed E-state index contributed by atoms with van der Waals surface area (Å²) in [6.45, 7) is 0. The molecular weight excluding hydrogens is 500 g/mol. The topological polar surface area (TPSA) is 34.1 Å². The number of rotatable bonds is 0. The molecule has 0 saturated heterocycles. The van der Waals surface area contributed by atoms with Gasteiger partial charge in [-0.3, -0.25) is 9.59 Å². The Morgan fingerprint density at radius 3 is 2.27 bits per heavy atom. The SMILES string of the molecule is O=C1/C(=c2/c(=O)c3ccc(Br)c4c(Br)ccc2c43)Sc2cc(Cl)ccc21. The molecule has 1 heterocycles. The van der Waals surface area contributed by atoms with E-state index in [1.54, 1.807) is 18.2 Å². The Morgan fingerprint density at radius 1 is 0.846 bits per heavy atom. The van der Waals surface area contributed by atoms with Gasteiger partial charge in [0.25, 0.3) is 0 Å². The Hall–Kier alpha value is -1.40. The van der Waals surface area contributed by atoms with E-state index in [4.69, 9.17) is 11.6 Å². The molecule has 0 aliphatic carbocycles. The Kier molecular flexibility index (Phi) is 3.73. The fourth-order valence-electron chi connectivity index (χ4n) is 3.50. The highest BCUT2D eigenvalue weighted by Crippen LogP contribution is 2.42. The molecule has 1 aliphatic heterocycles. The van der Waals surface area contributed by atoms with Gasteiger partial charge in [0.1, 0.15) is 0 Å². The Balaban J connectivity index is 1.98. The van der Waals surface area contributed by atoms with Crippen LogP contribution in [0.1, 0.15) is 10.4 Å². The van der Waals surface area contributed by atoms with Crippen molar-refractivity contribution in [3.63, 3.8) is 0 Å². The van der Waals surface area contributed by atoms with Crippen molar-refractivity contribution in [1.82, 2.24) is 0 Å². The lowest BCUT2D eigenvalue weighted by molar-refractivity contribution is 0.105. The summed E-state index contributed by atoms with van der Waals surface area (Å²) in [5.74, 6) is -0.118. The molecular formula is C20H7Br2ClO2S. The molecule has 0 aromatic heterocycles. The van der Waals surface area contributed by atoms with E-state index in [1.165, 1.54) is 11.8 Å². The predicted octanol–water partition coefficient (Wildman–Crippen LogP) is 5.79. The molecule has 6 heteroatoms. The van der Waals surface area contributed by atoms with E-state index < -0.39 is 0 Å². The van der Waals surface area contributed by atoms with Gasteiger partial charge in [-0.1, -0.05) is 61.3 Å². The molecule has 5 rings (SSSR count). The number of thioether (sulfide) groups is 1. The second-order valence-electron chi connectivity index (χ2n) is 6.04. The van der Waals surface area contributed by atoms with Crippen LogP contribution in [0.3, 0.4) is 0 Å². The van der Waals surface area contributed by atoms with E-state index in [1.807, 2.05) is 24.3 Å². The van der Waals surface area contributed by atoms with Crippen LogP contribution < -0.4 is 10.6 Å². The maximum absolute atomic E-state index is 13.2. The molecule has 4 aromatic rings. The second kappa shape index (κ2) is 5.80. The summed E-state index contributed by atoms with van der Waals surface area (Å²) in [6, 6.07) is 12.7. The van der Waals surface area contributed by atoms with Crippen LogP contribution in [0.2, 0.25) is 5.02 Å². The number of benzene rings is 3. The lowest BCUT2D eigenvalue weighted by Gasteiger charge is -2.04. The number of hydrogen-bond acceptors (Lipinski definition) is 3. The van der Waals surface area contributed by atoms with Gasteiger partial charge < -0.3 is 0 Å². The lowest BCUT2D eigenvalue weighted by atomic mass is 10.1. The van der Waals surface area contributed by atoms with Crippen LogP contribution in [0, 0.1) is 0 Å². The molecule has 126 valence electrons. The van der Waals surface area contributed by atoms with Crippen LogP contribution in [-0.2, 0) is 0 Å². The van der Waals surface area contributed by atoms with Crippen LogP contribution in [0.15, 0.2) is 61.1 Å². The fraction of sp³-hybridized carbons (Fsp3) is 0. The predicted molar refractivity (Wildman–Crippen MR) is 115 cm³/mol. The maximum atomic E-state index is 13.2. The van der Waals surface area contributed by atoms with Gasteiger partial charge >= 0.3 is 0 Å². The number of carbonyl (C=O) groups excluding carboxylic acids is 1. The van der Waals surface area contributed by atoms with Crippen LogP contribution >= 0.6 is 55.2 Å². The minimum atomic E-state index is -0.118.